The van der Waals surface area contributed by atoms with Gasteiger partial charge in [-0.25, -0.2) is 18.4 Å². The topological polar surface area (TPSA) is 139 Å². The second kappa shape index (κ2) is 8.15. The molecule has 142 valence electrons. The number of nitrogens with zero attached hydrogens (tertiary/aromatic N) is 2. The summed E-state index contributed by atoms with van der Waals surface area (Å²) in [5, 5.41) is 7.39. The first-order valence-corrected chi connectivity index (χ1v) is 9.42. The molecule has 1 aliphatic rings. The molecule has 0 aromatic heterocycles. The van der Waals surface area contributed by atoms with E-state index in [1.54, 1.807) is 6.92 Å². The summed E-state index contributed by atoms with van der Waals surface area (Å²) in [6, 6.07) is 5.13. The second-order valence-electron chi connectivity index (χ2n) is 5.50. The normalized spacial score (nSPS) is 14.7. The Morgan fingerprint density at radius 2 is 1.62 bits per heavy atom. The number of carbonyl (C=O) groups excluding carboxylic acids is 3. The van der Waals surface area contributed by atoms with E-state index in [1.165, 1.54) is 34.1 Å². The standard InChI is InChI=1S/C15H20N4O6S/c1-2-25-15(22)19-9-7-18(8-10-19)14(21)13(20)17-11-3-5-12(6-4-11)26(16,23)24/h3-6H,2,7-10H2,1H3,(H,17,20)(H2,16,23,24). The number of nitrogens with one attached hydrogen (secondary N) is 1. The van der Waals surface area contributed by atoms with Gasteiger partial charge in [-0.2, -0.15) is 0 Å². The number of anilines is 1. The number of sulfonamides is 1. The molecule has 1 aliphatic heterocycles. The Hall–Kier alpha value is -2.66. The van der Waals surface area contributed by atoms with E-state index in [9.17, 15) is 22.8 Å². The molecule has 1 aromatic carbocycles. The van der Waals surface area contributed by atoms with E-state index < -0.39 is 27.9 Å². The lowest BCUT2D eigenvalue weighted by atomic mass is 10.3. The maximum atomic E-state index is 12.2. The molecule has 1 saturated heterocycles. The molecule has 0 radical (unpaired) electrons. The number of hydrogen-bond donors (Lipinski definition) is 2. The van der Waals surface area contributed by atoms with Gasteiger partial charge in [0.1, 0.15) is 0 Å². The first-order valence-electron chi connectivity index (χ1n) is 7.87. The van der Waals surface area contributed by atoms with E-state index in [-0.39, 0.29) is 43.4 Å². The molecule has 26 heavy (non-hydrogen) atoms. The van der Waals surface area contributed by atoms with Crippen LogP contribution in [0.1, 0.15) is 6.92 Å². The lowest BCUT2D eigenvalue weighted by molar-refractivity contribution is -0.144. The van der Waals surface area contributed by atoms with Crippen molar-refractivity contribution in [3.63, 3.8) is 0 Å². The SMILES string of the molecule is CCOC(=O)N1CCN(C(=O)C(=O)Nc2ccc(S(N)(=O)=O)cc2)CC1. The molecule has 10 nitrogen and oxygen atoms in total. The zero-order valence-corrected chi connectivity index (χ0v) is 15.0. The molecule has 11 heteroatoms. The van der Waals surface area contributed by atoms with E-state index in [2.05, 4.69) is 5.32 Å². The van der Waals surface area contributed by atoms with E-state index >= 15 is 0 Å². The van der Waals surface area contributed by atoms with Crippen LogP contribution in [0.25, 0.3) is 0 Å². The van der Waals surface area contributed by atoms with Crippen LogP contribution in [-0.2, 0) is 24.3 Å². The van der Waals surface area contributed by atoms with Crippen LogP contribution in [0.15, 0.2) is 29.2 Å². The summed E-state index contributed by atoms with van der Waals surface area (Å²) in [4.78, 5) is 38.6. The predicted octanol–water partition coefficient (Wildman–Crippen LogP) is -0.427. The fraction of sp³-hybridized carbons (Fsp3) is 0.400. The van der Waals surface area contributed by atoms with Gasteiger partial charge in [-0.3, -0.25) is 9.59 Å². The third-order valence-corrected chi connectivity index (χ3v) is 4.66. The maximum absolute atomic E-state index is 12.2. The highest BCUT2D eigenvalue weighted by atomic mass is 32.2. The Labute approximate surface area is 150 Å². The van der Waals surface area contributed by atoms with Gasteiger partial charge in [0.15, 0.2) is 0 Å². The fourth-order valence-corrected chi connectivity index (χ4v) is 2.88. The number of piperazine rings is 1. The highest BCUT2D eigenvalue weighted by molar-refractivity contribution is 7.89. The number of nitrogens with two attached hydrogens (primary N) is 1. The average molecular weight is 384 g/mol. The number of hydrogen-bond acceptors (Lipinski definition) is 6. The minimum Gasteiger partial charge on any atom is -0.450 e. The fourth-order valence-electron chi connectivity index (χ4n) is 2.36. The van der Waals surface area contributed by atoms with Gasteiger partial charge in [0.25, 0.3) is 0 Å². The summed E-state index contributed by atoms with van der Waals surface area (Å²) in [6.45, 7) is 2.97. The average Bonchev–Trinajstić information content (AvgIpc) is 2.61. The molecule has 0 atom stereocenters. The van der Waals surface area contributed by atoms with Gasteiger partial charge in [-0.05, 0) is 31.2 Å². The lowest BCUT2D eigenvalue weighted by Gasteiger charge is -2.33. The number of primary sulfonamides is 1. The third-order valence-electron chi connectivity index (χ3n) is 3.73. The number of carbonyl (C=O) groups is 3. The lowest BCUT2D eigenvalue weighted by Crippen LogP contribution is -2.53. The van der Waals surface area contributed by atoms with Gasteiger partial charge < -0.3 is 19.9 Å². The Morgan fingerprint density at radius 3 is 2.12 bits per heavy atom. The van der Waals surface area contributed by atoms with Gasteiger partial charge in [-0.1, -0.05) is 0 Å². The number of benzene rings is 1. The van der Waals surface area contributed by atoms with Crippen LogP contribution in [0, 0.1) is 0 Å². The van der Waals surface area contributed by atoms with Crippen molar-refractivity contribution in [2.45, 2.75) is 11.8 Å². The molecular formula is C15H20N4O6S. The highest BCUT2D eigenvalue weighted by Gasteiger charge is 2.28. The quantitative estimate of drug-likeness (QED) is 0.678. The Morgan fingerprint density at radius 1 is 1.08 bits per heavy atom. The molecule has 0 spiro atoms. The van der Waals surface area contributed by atoms with Gasteiger partial charge in [0.2, 0.25) is 10.0 Å². The summed E-state index contributed by atoms with van der Waals surface area (Å²) >= 11 is 0. The number of rotatable bonds is 3. The van der Waals surface area contributed by atoms with Crippen molar-refractivity contribution in [2.75, 3.05) is 38.1 Å². The molecule has 1 fully saturated rings. The molecular weight excluding hydrogens is 364 g/mol. The van der Waals surface area contributed by atoms with Crippen LogP contribution in [0.2, 0.25) is 0 Å². The van der Waals surface area contributed by atoms with E-state index in [4.69, 9.17) is 9.88 Å². The van der Waals surface area contributed by atoms with Gasteiger partial charge >= 0.3 is 17.9 Å². The number of amides is 3. The van der Waals surface area contributed by atoms with Crippen molar-refractivity contribution >= 4 is 33.6 Å². The molecule has 3 N–H and O–H groups in total. The summed E-state index contributed by atoms with van der Waals surface area (Å²) in [5.74, 6) is -1.58. The van der Waals surface area contributed by atoms with Crippen molar-refractivity contribution in [3.05, 3.63) is 24.3 Å². The van der Waals surface area contributed by atoms with Gasteiger partial charge in [0, 0.05) is 31.9 Å². The smallest absolute Gasteiger partial charge is 0.409 e. The summed E-state index contributed by atoms with van der Waals surface area (Å²) < 4.78 is 27.3. The Balaban J connectivity index is 1.90. The zero-order chi connectivity index (χ0) is 19.3. The molecule has 0 bridgehead atoms. The van der Waals surface area contributed by atoms with E-state index in [0.29, 0.717) is 0 Å². The summed E-state index contributed by atoms with van der Waals surface area (Å²) in [5.41, 5.74) is 0.265. The molecule has 0 saturated carbocycles. The van der Waals surface area contributed by atoms with Crippen LogP contribution < -0.4 is 10.5 Å². The minimum absolute atomic E-state index is 0.100. The van der Waals surface area contributed by atoms with Gasteiger partial charge in [-0.15, -0.1) is 0 Å². The molecule has 2 rings (SSSR count). The van der Waals surface area contributed by atoms with Crippen LogP contribution in [0.5, 0.6) is 0 Å². The Bertz CT molecular complexity index is 785. The van der Waals surface area contributed by atoms with Gasteiger partial charge in [0.05, 0.1) is 11.5 Å². The highest BCUT2D eigenvalue weighted by Crippen LogP contribution is 2.13. The second-order valence-corrected chi connectivity index (χ2v) is 7.06. The van der Waals surface area contributed by atoms with Crippen LogP contribution in [-0.4, -0.2) is 68.9 Å². The molecule has 1 heterocycles. The van der Waals surface area contributed by atoms with Crippen molar-refractivity contribution < 1.29 is 27.5 Å². The molecule has 0 unspecified atom stereocenters. The monoisotopic (exact) mass is 384 g/mol. The van der Waals surface area contributed by atoms with Crippen LogP contribution in [0.4, 0.5) is 10.5 Å². The number of ether oxygens (including phenoxy) is 1. The van der Waals surface area contributed by atoms with Crippen molar-refractivity contribution in [3.8, 4) is 0 Å². The first kappa shape index (κ1) is 19.7. The predicted molar refractivity (Wildman–Crippen MR) is 91.6 cm³/mol. The van der Waals surface area contributed by atoms with Crippen LogP contribution >= 0.6 is 0 Å². The molecule has 1 aromatic rings. The first-order chi connectivity index (χ1) is 12.2. The zero-order valence-electron chi connectivity index (χ0n) is 14.2. The molecule has 0 aliphatic carbocycles. The minimum atomic E-state index is -3.83. The van der Waals surface area contributed by atoms with E-state index in [0.717, 1.165) is 0 Å². The van der Waals surface area contributed by atoms with Crippen molar-refractivity contribution in [2.24, 2.45) is 5.14 Å². The van der Waals surface area contributed by atoms with Crippen molar-refractivity contribution in [1.29, 1.82) is 0 Å². The van der Waals surface area contributed by atoms with Crippen molar-refractivity contribution in [1.82, 2.24) is 9.80 Å². The third kappa shape index (κ3) is 4.92. The largest absolute Gasteiger partial charge is 0.450 e. The summed E-state index contributed by atoms with van der Waals surface area (Å²) in [7, 11) is -3.83. The Kier molecular flexibility index (Phi) is 6.16. The van der Waals surface area contributed by atoms with E-state index in [1.807, 2.05) is 0 Å². The van der Waals surface area contributed by atoms with Crippen LogP contribution in [0.3, 0.4) is 0 Å². The maximum Gasteiger partial charge on any atom is 0.409 e. The summed E-state index contributed by atoms with van der Waals surface area (Å²) in [6.07, 6.45) is -0.445. The molecule has 3 amide bonds.